The highest BCUT2D eigenvalue weighted by Gasteiger charge is 2.25. The van der Waals surface area contributed by atoms with Crippen molar-refractivity contribution in [2.24, 2.45) is 0 Å². The van der Waals surface area contributed by atoms with E-state index < -0.39 is 15.6 Å². The Balaban J connectivity index is 2.11. The Morgan fingerprint density at radius 1 is 1.35 bits per heavy atom. The standard InChI is InChI=1S/C16H22N2O4S/c1-5-23(20,21)17-14-7-6-13-11-18(9-8-12(13)10-14)15(19)22-16(2,3)4/h5-7,10,17H,1,8-9,11H2,2-4H3. The fraction of sp³-hybridized carbons (Fsp3) is 0.438. The number of carbonyl (C=O) groups is 1. The van der Waals surface area contributed by atoms with Gasteiger partial charge in [-0.3, -0.25) is 4.72 Å². The predicted molar refractivity (Wildman–Crippen MR) is 89.5 cm³/mol. The van der Waals surface area contributed by atoms with Crippen LogP contribution in [0.1, 0.15) is 31.9 Å². The number of nitrogens with one attached hydrogen (secondary N) is 1. The van der Waals surface area contributed by atoms with E-state index in [1.165, 1.54) is 0 Å². The van der Waals surface area contributed by atoms with E-state index in [-0.39, 0.29) is 6.09 Å². The van der Waals surface area contributed by atoms with E-state index in [4.69, 9.17) is 4.74 Å². The lowest BCUT2D eigenvalue weighted by Crippen LogP contribution is -2.39. The van der Waals surface area contributed by atoms with Crippen molar-refractivity contribution in [1.29, 1.82) is 0 Å². The minimum atomic E-state index is -3.51. The minimum absolute atomic E-state index is 0.334. The first kappa shape index (κ1) is 17.3. The monoisotopic (exact) mass is 338 g/mol. The summed E-state index contributed by atoms with van der Waals surface area (Å²) in [5.41, 5.74) is 1.98. The molecule has 1 aliphatic rings. The van der Waals surface area contributed by atoms with Gasteiger partial charge in [-0.25, -0.2) is 13.2 Å². The number of hydrogen-bond acceptors (Lipinski definition) is 4. The van der Waals surface area contributed by atoms with Crippen LogP contribution >= 0.6 is 0 Å². The second-order valence-corrected chi connectivity index (χ2v) is 8.08. The van der Waals surface area contributed by atoms with Crippen LogP contribution in [0.3, 0.4) is 0 Å². The van der Waals surface area contributed by atoms with Crippen LogP contribution in [0, 0.1) is 0 Å². The number of nitrogens with zero attached hydrogens (tertiary/aromatic N) is 1. The summed E-state index contributed by atoms with van der Waals surface area (Å²) in [4.78, 5) is 13.8. The third kappa shape index (κ3) is 4.72. The molecule has 126 valence electrons. The average molecular weight is 338 g/mol. The maximum Gasteiger partial charge on any atom is 0.410 e. The average Bonchev–Trinajstić information content (AvgIpc) is 2.44. The zero-order valence-electron chi connectivity index (χ0n) is 13.6. The molecule has 0 aliphatic carbocycles. The molecule has 0 radical (unpaired) electrons. The van der Waals surface area contributed by atoms with Crippen LogP contribution in [-0.2, 0) is 27.7 Å². The highest BCUT2D eigenvalue weighted by Crippen LogP contribution is 2.24. The van der Waals surface area contributed by atoms with Crippen molar-refractivity contribution < 1.29 is 17.9 Å². The van der Waals surface area contributed by atoms with Gasteiger partial charge in [0.05, 0.1) is 0 Å². The van der Waals surface area contributed by atoms with Crippen molar-refractivity contribution in [3.8, 4) is 0 Å². The van der Waals surface area contributed by atoms with Crippen molar-refractivity contribution >= 4 is 21.8 Å². The van der Waals surface area contributed by atoms with Gasteiger partial charge in [0, 0.05) is 24.2 Å². The smallest absolute Gasteiger partial charge is 0.410 e. The maximum absolute atomic E-state index is 12.1. The van der Waals surface area contributed by atoms with Crippen LogP contribution in [-0.4, -0.2) is 31.6 Å². The summed E-state index contributed by atoms with van der Waals surface area (Å²) in [5.74, 6) is 0. The van der Waals surface area contributed by atoms with E-state index in [1.54, 1.807) is 17.0 Å². The molecule has 1 amide bonds. The Kier molecular flexibility index (Phi) is 4.70. The molecule has 1 heterocycles. The number of rotatable bonds is 3. The number of amides is 1. The quantitative estimate of drug-likeness (QED) is 0.919. The van der Waals surface area contributed by atoms with Gasteiger partial charge in [-0.15, -0.1) is 0 Å². The van der Waals surface area contributed by atoms with Gasteiger partial charge in [0.1, 0.15) is 5.60 Å². The molecule has 2 rings (SSSR count). The number of carbonyl (C=O) groups excluding carboxylic acids is 1. The SMILES string of the molecule is C=CS(=O)(=O)Nc1ccc2c(c1)CCN(C(=O)OC(C)(C)C)C2. The summed E-state index contributed by atoms with van der Waals surface area (Å²) >= 11 is 0. The van der Waals surface area contributed by atoms with Crippen LogP contribution < -0.4 is 4.72 Å². The molecule has 1 aromatic rings. The van der Waals surface area contributed by atoms with E-state index in [0.717, 1.165) is 16.5 Å². The number of hydrogen-bond donors (Lipinski definition) is 1. The molecule has 0 spiro atoms. The van der Waals surface area contributed by atoms with Crippen molar-refractivity contribution in [2.45, 2.75) is 39.3 Å². The fourth-order valence-electron chi connectivity index (χ4n) is 2.30. The van der Waals surface area contributed by atoms with Crippen molar-refractivity contribution in [1.82, 2.24) is 4.90 Å². The molecule has 0 fully saturated rings. The molecular formula is C16H22N2O4S. The molecule has 0 aromatic heterocycles. The number of anilines is 1. The van der Waals surface area contributed by atoms with E-state index in [2.05, 4.69) is 11.3 Å². The summed E-state index contributed by atoms with van der Waals surface area (Å²) in [6, 6.07) is 5.30. The maximum atomic E-state index is 12.1. The minimum Gasteiger partial charge on any atom is -0.444 e. The Morgan fingerprint density at radius 3 is 2.65 bits per heavy atom. The summed E-state index contributed by atoms with van der Waals surface area (Å²) in [7, 11) is -3.51. The molecule has 0 bridgehead atoms. The molecular weight excluding hydrogens is 316 g/mol. The predicted octanol–water partition coefficient (Wildman–Crippen LogP) is 2.87. The summed E-state index contributed by atoms with van der Waals surface area (Å²) in [6.45, 7) is 9.77. The van der Waals surface area contributed by atoms with Crippen molar-refractivity contribution in [2.75, 3.05) is 11.3 Å². The molecule has 0 saturated carbocycles. The molecule has 0 unspecified atom stereocenters. The van der Waals surface area contributed by atoms with E-state index in [9.17, 15) is 13.2 Å². The Labute approximate surface area is 137 Å². The van der Waals surface area contributed by atoms with E-state index >= 15 is 0 Å². The largest absolute Gasteiger partial charge is 0.444 e. The molecule has 0 atom stereocenters. The van der Waals surface area contributed by atoms with E-state index in [0.29, 0.717) is 25.2 Å². The number of sulfonamides is 1. The zero-order chi connectivity index (χ0) is 17.3. The first-order valence-corrected chi connectivity index (χ1v) is 8.89. The summed E-state index contributed by atoms with van der Waals surface area (Å²) in [5, 5.41) is 0.872. The van der Waals surface area contributed by atoms with Gasteiger partial charge in [-0.1, -0.05) is 12.6 Å². The third-order valence-corrected chi connectivity index (χ3v) is 4.31. The van der Waals surface area contributed by atoms with Crippen molar-refractivity contribution in [3.63, 3.8) is 0 Å². The van der Waals surface area contributed by atoms with Crippen LogP contribution in [0.2, 0.25) is 0 Å². The van der Waals surface area contributed by atoms with Crippen LogP contribution in [0.4, 0.5) is 10.5 Å². The molecule has 1 aliphatic heterocycles. The summed E-state index contributed by atoms with van der Waals surface area (Å²) in [6.07, 6.45) is 0.317. The van der Waals surface area contributed by atoms with Crippen LogP contribution in [0.25, 0.3) is 0 Å². The highest BCUT2D eigenvalue weighted by molar-refractivity contribution is 7.95. The lowest BCUT2D eigenvalue weighted by molar-refractivity contribution is 0.0224. The fourth-order valence-corrected chi connectivity index (χ4v) is 2.84. The lowest BCUT2D eigenvalue weighted by atomic mass is 9.99. The second-order valence-electron chi connectivity index (χ2n) is 6.45. The van der Waals surface area contributed by atoms with Gasteiger partial charge in [0.2, 0.25) is 0 Å². The molecule has 7 heteroatoms. The van der Waals surface area contributed by atoms with Crippen LogP contribution in [0.15, 0.2) is 30.2 Å². The number of ether oxygens (including phenoxy) is 1. The topological polar surface area (TPSA) is 75.7 Å². The highest BCUT2D eigenvalue weighted by atomic mass is 32.2. The normalized spacial score (nSPS) is 14.8. The van der Waals surface area contributed by atoms with Gasteiger partial charge in [0.15, 0.2) is 0 Å². The third-order valence-electron chi connectivity index (χ3n) is 3.35. The molecule has 1 N–H and O–H groups in total. The Bertz CT molecular complexity index is 720. The summed E-state index contributed by atoms with van der Waals surface area (Å²) < 4.78 is 30.8. The van der Waals surface area contributed by atoms with Crippen molar-refractivity contribution in [3.05, 3.63) is 41.3 Å². The first-order valence-electron chi connectivity index (χ1n) is 7.34. The van der Waals surface area contributed by atoms with Gasteiger partial charge < -0.3 is 9.64 Å². The van der Waals surface area contributed by atoms with Gasteiger partial charge >= 0.3 is 6.09 Å². The first-order chi connectivity index (χ1) is 10.6. The molecule has 0 saturated heterocycles. The second kappa shape index (κ2) is 6.23. The Morgan fingerprint density at radius 2 is 2.04 bits per heavy atom. The van der Waals surface area contributed by atoms with Gasteiger partial charge in [0.25, 0.3) is 10.0 Å². The lowest BCUT2D eigenvalue weighted by Gasteiger charge is -2.31. The number of benzene rings is 1. The number of fused-ring (bicyclic) bond motifs is 1. The zero-order valence-corrected chi connectivity index (χ0v) is 14.4. The van der Waals surface area contributed by atoms with Crippen LogP contribution in [0.5, 0.6) is 0 Å². The van der Waals surface area contributed by atoms with E-state index in [1.807, 2.05) is 26.8 Å². The molecule has 6 nitrogen and oxygen atoms in total. The molecule has 23 heavy (non-hydrogen) atoms. The molecule has 1 aromatic carbocycles. The van der Waals surface area contributed by atoms with Gasteiger partial charge in [-0.05, 0) is 50.5 Å². The van der Waals surface area contributed by atoms with Gasteiger partial charge in [-0.2, -0.15) is 0 Å². The Hall–Kier alpha value is -2.02.